The van der Waals surface area contributed by atoms with Gasteiger partial charge >= 0.3 is 0 Å². The number of halogens is 1. The van der Waals surface area contributed by atoms with Crippen molar-refractivity contribution in [3.8, 4) is 5.75 Å². The van der Waals surface area contributed by atoms with Gasteiger partial charge in [-0.05, 0) is 37.1 Å². The number of para-hydroxylation sites is 3. The summed E-state index contributed by atoms with van der Waals surface area (Å²) in [6.07, 6.45) is 2.53. The molecule has 6 heteroatoms. The van der Waals surface area contributed by atoms with Crippen LogP contribution in [0.4, 0.5) is 0 Å². The van der Waals surface area contributed by atoms with Crippen LogP contribution in [0.1, 0.15) is 25.6 Å². The lowest BCUT2D eigenvalue weighted by molar-refractivity contribution is -0.118. The van der Waals surface area contributed by atoms with Crippen molar-refractivity contribution in [1.29, 1.82) is 0 Å². The van der Waals surface area contributed by atoms with Crippen molar-refractivity contribution in [1.82, 2.24) is 14.9 Å². The van der Waals surface area contributed by atoms with Crippen LogP contribution in [0.3, 0.4) is 0 Å². The molecule has 0 spiro atoms. The molecule has 0 aliphatic heterocycles. The number of fused-ring (bicyclic) bond motifs is 1. The van der Waals surface area contributed by atoms with Crippen molar-refractivity contribution in [3.63, 3.8) is 0 Å². The molecular weight excluding hydrogens is 362 g/mol. The topological polar surface area (TPSA) is 56.2 Å². The van der Waals surface area contributed by atoms with Gasteiger partial charge in [0.25, 0.3) is 0 Å². The number of imidazole rings is 1. The van der Waals surface area contributed by atoms with E-state index < -0.39 is 0 Å². The molecule has 2 aromatic carbocycles. The zero-order chi connectivity index (χ0) is 19.1. The Morgan fingerprint density at radius 1 is 1.15 bits per heavy atom. The van der Waals surface area contributed by atoms with Crippen molar-refractivity contribution < 1.29 is 9.53 Å². The average Bonchev–Trinajstić information content (AvgIpc) is 3.01. The quantitative estimate of drug-likeness (QED) is 0.561. The van der Waals surface area contributed by atoms with Crippen LogP contribution in [0.5, 0.6) is 5.75 Å². The summed E-state index contributed by atoms with van der Waals surface area (Å²) in [4.78, 5) is 15.8. The number of aryl methyl sites for hydroxylation is 2. The minimum atomic E-state index is 0.000208. The van der Waals surface area contributed by atoms with E-state index in [1.54, 1.807) is 0 Å². The lowest BCUT2D eigenvalue weighted by atomic mass is 10.3. The third-order valence-corrected chi connectivity index (χ3v) is 4.62. The number of benzene rings is 2. The molecule has 0 saturated heterocycles. The third kappa shape index (κ3) is 5.23. The second-order valence-electron chi connectivity index (χ2n) is 6.39. The number of rotatable bonds is 9. The number of carbonyl (C=O) groups excluding carboxylic acids is 1. The van der Waals surface area contributed by atoms with Gasteiger partial charge < -0.3 is 14.6 Å². The third-order valence-electron chi connectivity index (χ3n) is 4.30. The van der Waals surface area contributed by atoms with Crippen LogP contribution in [0, 0.1) is 0 Å². The molecule has 0 aliphatic carbocycles. The molecule has 1 heterocycles. The Kier molecular flexibility index (Phi) is 6.71. The normalized spacial score (nSPS) is 10.9. The summed E-state index contributed by atoms with van der Waals surface area (Å²) >= 11 is 6.13. The molecule has 0 unspecified atom stereocenters. The van der Waals surface area contributed by atoms with E-state index in [1.807, 2.05) is 42.5 Å². The van der Waals surface area contributed by atoms with Gasteiger partial charge in [-0.2, -0.15) is 0 Å². The number of ether oxygens (including phenoxy) is 1. The maximum absolute atomic E-state index is 11.0. The fraction of sp³-hybridized carbons (Fsp3) is 0.333. The Balaban J connectivity index is 1.62. The molecule has 5 nitrogen and oxygen atoms in total. The van der Waals surface area contributed by atoms with Crippen LogP contribution in [-0.4, -0.2) is 28.6 Å². The van der Waals surface area contributed by atoms with Gasteiger partial charge in [0.2, 0.25) is 5.91 Å². The van der Waals surface area contributed by atoms with E-state index in [2.05, 4.69) is 16.0 Å². The van der Waals surface area contributed by atoms with Crippen molar-refractivity contribution in [3.05, 3.63) is 59.4 Å². The summed E-state index contributed by atoms with van der Waals surface area (Å²) in [7, 11) is 0. The zero-order valence-corrected chi connectivity index (χ0v) is 16.2. The van der Waals surface area contributed by atoms with E-state index >= 15 is 0 Å². The van der Waals surface area contributed by atoms with E-state index in [4.69, 9.17) is 21.3 Å². The van der Waals surface area contributed by atoms with Gasteiger partial charge in [0.05, 0.1) is 22.7 Å². The second-order valence-corrected chi connectivity index (χ2v) is 6.79. The summed E-state index contributed by atoms with van der Waals surface area (Å²) in [6, 6.07) is 15.7. The smallest absolute Gasteiger partial charge is 0.216 e. The minimum Gasteiger partial charge on any atom is -0.492 e. The van der Waals surface area contributed by atoms with E-state index in [-0.39, 0.29) is 5.91 Å². The Morgan fingerprint density at radius 3 is 2.74 bits per heavy atom. The highest BCUT2D eigenvalue weighted by molar-refractivity contribution is 6.32. The first-order valence-electron chi connectivity index (χ1n) is 9.21. The van der Waals surface area contributed by atoms with Gasteiger partial charge in [-0.15, -0.1) is 0 Å². The van der Waals surface area contributed by atoms with Gasteiger partial charge in [-0.1, -0.05) is 35.9 Å². The summed E-state index contributed by atoms with van der Waals surface area (Å²) in [5.74, 6) is 1.75. The number of carbonyl (C=O) groups is 1. The largest absolute Gasteiger partial charge is 0.492 e. The highest BCUT2D eigenvalue weighted by Crippen LogP contribution is 2.23. The molecule has 3 rings (SSSR count). The molecule has 1 N–H and O–H groups in total. The van der Waals surface area contributed by atoms with Crippen LogP contribution < -0.4 is 10.1 Å². The number of amides is 1. The predicted octanol–water partition coefficient (Wildman–Crippen LogP) is 4.23. The van der Waals surface area contributed by atoms with Gasteiger partial charge in [0.15, 0.2) is 0 Å². The van der Waals surface area contributed by atoms with Crippen molar-refractivity contribution in [2.75, 3.05) is 13.2 Å². The zero-order valence-electron chi connectivity index (χ0n) is 15.5. The summed E-state index contributed by atoms with van der Waals surface area (Å²) in [5.41, 5.74) is 2.13. The van der Waals surface area contributed by atoms with E-state index in [0.29, 0.717) is 23.9 Å². The number of nitrogens with zero attached hydrogens (tertiary/aromatic N) is 2. The molecular formula is C21H24ClN3O2. The fourth-order valence-electron chi connectivity index (χ4n) is 3.04. The van der Waals surface area contributed by atoms with Crippen LogP contribution >= 0.6 is 11.6 Å². The Labute approximate surface area is 164 Å². The lowest BCUT2D eigenvalue weighted by Crippen LogP contribution is -2.21. The molecule has 142 valence electrons. The summed E-state index contributed by atoms with van der Waals surface area (Å²) < 4.78 is 8.05. The van der Waals surface area contributed by atoms with Gasteiger partial charge in [0, 0.05) is 26.4 Å². The van der Waals surface area contributed by atoms with Gasteiger partial charge in [-0.3, -0.25) is 4.79 Å². The van der Waals surface area contributed by atoms with Gasteiger partial charge in [0.1, 0.15) is 11.6 Å². The molecule has 0 bridgehead atoms. The number of hydrogen-bond donors (Lipinski definition) is 1. The van der Waals surface area contributed by atoms with Crippen LogP contribution in [0.2, 0.25) is 5.02 Å². The van der Waals surface area contributed by atoms with E-state index in [9.17, 15) is 4.79 Å². The number of aromatic nitrogens is 2. The molecule has 0 atom stereocenters. The maximum atomic E-state index is 11.0. The molecule has 0 aliphatic rings. The highest BCUT2D eigenvalue weighted by Gasteiger charge is 2.10. The molecule has 1 amide bonds. The van der Waals surface area contributed by atoms with Crippen LogP contribution in [0.25, 0.3) is 11.0 Å². The second kappa shape index (κ2) is 9.42. The SMILES string of the molecule is CC(=O)NCCCc1nc2ccccc2n1CCCOc1ccccc1Cl. The van der Waals surface area contributed by atoms with Gasteiger partial charge in [-0.25, -0.2) is 4.98 Å². The monoisotopic (exact) mass is 385 g/mol. The Bertz CT molecular complexity index is 907. The number of nitrogens with one attached hydrogen (secondary N) is 1. The number of hydrogen-bond acceptors (Lipinski definition) is 3. The van der Waals surface area contributed by atoms with Crippen molar-refractivity contribution in [2.24, 2.45) is 0 Å². The molecule has 27 heavy (non-hydrogen) atoms. The first-order chi connectivity index (χ1) is 13.1. The summed E-state index contributed by atoms with van der Waals surface area (Å²) in [5, 5.41) is 3.47. The molecule has 3 aromatic rings. The molecule has 0 fully saturated rings. The average molecular weight is 386 g/mol. The highest BCUT2D eigenvalue weighted by atomic mass is 35.5. The van der Waals surface area contributed by atoms with Crippen LogP contribution in [-0.2, 0) is 17.8 Å². The first-order valence-corrected chi connectivity index (χ1v) is 9.59. The standard InChI is InChI=1S/C21H24ClN3O2/c1-16(26)23-13-6-12-21-24-18-9-3-4-10-19(18)25(21)14-7-15-27-20-11-5-2-8-17(20)22/h2-5,8-11H,6-7,12-15H2,1H3,(H,23,26). The van der Waals surface area contributed by atoms with E-state index in [1.165, 1.54) is 6.92 Å². The maximum Gasteiger partial charge on any atom is 0.216 e. The van der Waals surface area contributed by atoms with Crippen molar-refractivity contribution in [2.45, 2.75) is 32.7 Å². The summed E-state index contributed by atoms with van der Waals surface area (Å²) in [6.45, 7) is 3.60. The Morgan fingerprint density at radius 2 is 1.93 bits per heavy atom. The minimum absolute atomic E-state index is 0.000208. The Hall–Kier alpha value is -2.53. The lowest BCUT2D eigenvalue weighted by Gasteiger charge is -2.11. The van der Waals surface area contributed by atoms with E-state index in [0.717, 1.165) is 42.7 Å². The molecule has 1 aromatic heterocycles. The first kappa shape index (κ1) is 19.2. The fourth-order valence-corrected chi connectivity index (χ4v) is 3.23. The van der Waals surface area contributed by atoms with Crippen molar-refractivity contribution >= 4 is 28.5 Å². The molecule has 0 radical (unpaired) electrons. The van der Waals surface area contributed by atoms with Crippen LogP contribution in [0.15, 0.2) is 48.5 Å². The molecule has 0 saturated carbocycles. The predicted molar refractivity (Wildman–Crippen MR) is 108 cm³/mol.